The van der Waals surface area contributed by atoms with Gasteiger partial charge in [0.25, 0.3) is 0 Å². The number of nitrogens with zero attached hydrogens (tertiary/aromatic N) is 1. The van der Waals surface area contributed by atoms with Crippen molar-refractivity contribution in [2.45, 2.75) is 78.5 Å². The molecule has 3 atom stereocenters. The van der Waals surface area contributed by atoms with Crippen molar-refractivity contribution < 1.29 is 28.7 Å². The van der Waals surface area contributed by atoms with E-state index in [1.54, 1.807) is 12.3 Å². The Bertz CT molecular complexity index is 988. The lowest BCUT2D eigenvalue weighted by molar-refractivity contribution is -0.132. The minimum atomic E-state index is -0.884. The van der Waals surface area contributed by atoms with E-state index < -0.39 is 35.4 Å². The van der Waals surface area contributed by atoms with Crippen LogP contribution in [0.4, 0.5) is 0 Å². The summed E-state index contributed by atoms with van der Waals surface area (Å²) in [6, 6.07) is -1.59. The summed E-state index contributed by atoms with van der Waals surface area (Å²) in [5.74, 6) is -1.83. The van der Waals surface area contributed by atoms with Gasteiger partial charge in [0.05, 0.1) is 42.9 Å². The molecule has 1 aromatic rings. The number of thiazole rings is 1. The summed E-state index contributed by atoms with van der Waals surface area (Å²) in [6.07, 6.45) is 0.862. The van der Waals surface area contributed by atoms with E-state index in [4.69, 9.17) is 4.74 Å². The summed E-state index contributed by atoms with van der Waals surface area (Å²) < 4.78 is 5.23. The van der Waals surface area contributed by atoms with E-state index in [1.807, 2.05) is 34.6 Å². The summed E-state index contributed by atoms with van der Waals surface area (Å²) >= 11 is 1.44. The maximum atomic E-state index is 12.8. The number of rotatable bonds is 15. The molecule has 0 bridgehead atoms. The molecule has 206 valence electrons. The van der Waals surface area contributed by atoms with E-state index in [0.717, 1.165) is 5.01 Å². The van der Waals surface area contributed by atoms with Crippen molar-refractivity contribution in [2.24, 2.45) is 11.8 Å². The minimum Gasteiger partial charge on any atom is -0.361 e. The van der Waals surface area contributed by atoms with Gasteiger partial charge in [0.15, 0.2) is 5.78 Å². The molecule has 0 radical (unpaired) electrons. The largest absolute Gasteiger partial charge is 0.361 e. The standard InChI is InChI=1S/C25H39N5O6S/c1-14(2)7-18(23(34)25(6)13-36-25)29-22(33)11-27-24(35)19(8-15(3)4)30-21(32)10-26-20(31)9-17-12-37-16(5)28-17/h12,14-15,18-19H,7-11,13H2,1-6H3,(H,26,31)(H,27,35)(H,29,33)(H,30,32). The average Bonchev–Trinajstić information content (AvgIpc) is 3.43. The van der Waals surface area contributed by atoms with Crippen LogP contribution in [0.15, 0.2) is 5.38 Å². The Balaban J connectivity index is 1.84. The molecule has 2 heterocycles. The molecule has 1 fully saturated rings. The second-order valence-electron chi connectivity index (χ2n) is 10.4. The van der Waals surface area contributed by atoms with Gasteiger partial charge in [0, 0.05) is 5.38 Å². The molecule has 0 spiro atoms. The number of amides is 4. The molecule has 3 unspecified atom stereocenters. The van der Waals surface area contributed by atoms with Gasteiger partial charge in [0.2, 0.25) is 23.6 Å². The second kappa shape index (κ2) is 13.6. The fraction of sp³-hybridized carbons (Fsp3) is 0.680. The van der Waals surface area contributed by atoms with Crippen molar-refractivity contribution in [3.63, 3.8) is 0 Å². The van der Waals surface area contributed by atoms with Gasteiger partial charge >= 0.3 is 0 Å². The van der Waals surface area contributed by atoms with Gasteiger partial charge in [-0.2, -0.15) is 0 Å². The zero-order valence-electron chi connectivity index (χ0n) is 22.4. The normalized spacial score (nSPS) is 18.2. The maximum absolute atomic E-state index is 12.8. The average molecular weight is 538 g/mol. The summed E-state index contributed by atoms with van der Waals surface area (Å²) in [5, 5.41) is 13.0. The highest BCUT2D eigenvalue weighted by atomic mass is 32.1. The lowest BCUT2D eigenvalue weighted by Gasteiger charge is -2.22. The third-order valence-corrected chi connectivity index (χ3v) is 6.52. The first-order chi connectivity index (χ1) is 17.3. The first-order valence-electron chi connectivity index (χ1n) is 12.5. The van der Waals surface area contributed by atoms with Crippen molar-refractivity contribution in [2.75, 3.05) is 19.7 Å². The van der Waals surface area contributed by atoms with E-state index >= 15 is 0 Å². The van der Waals surface area contributed by atoms with Crippen molar-refractivity contribution in [3.05, 3.63) is 16.1 Å². The Morgan fingerprint density at radius 2 is 1.49 bits per heavy atom. The number of hydrogen-bond acceptors (Lipinski definition) is 8. The maximum Gasteiger partial charge on any atom is 0.243 e. The van der Waals surface area contributed by atoms with Crippen LogP contribution in [0.3, 0.4) is 0 Å². The number of aryl methyl sites for hydroxylation is 1. The number of Topliss-reactive ketones (excluding diaryl/α,β-unsaturated/α-hetero) is 1. The number of hydrogen-bond donors (Lipinski definition) is 4. The third kappa shape index (κ3) is 10.6. The highest BCUT2D eigenvalue weighted by Crippen LogP contribution is 2.29. The Hall–Kier alpha value is -2.86. The van der Waals surface area contributed by atoms with E-state index in [-0.39, 0.29) is 43.0 Å². The number of carbonyl (C=O) groups excluding carboxylic acids is 5. The number of nitrogens with one attached hydrogen (secondary N) is 4. The zero-order chi connectivity index (χ0) is 27.8. The van der Waals surface area contributed by atoms with Crippen molar-refractivity contribution in [1.82, 2.24) is 26.3 Å². The number of carbonyl (C=O) groups is 5. The molecule has 11 nitrogen and oxygen atoms in total. The second-order valence-corrected chi connectivity index (χ2v) is 11.5. The molecule has 2 rings (SSSR count). The molecular formula is C25H39N5O6S. The summed E-state index contributed by atoms with van der Waals surface area (Å²) in [7, 11) is 0. The van der Waals surface area contributed by atoms with E-state index in [0.29, 0.717) is 25.1 Å². The van der Waals surface area contributed by atoms with Crippen LogP contribution < -0.4 is 21.3 Å². The number of ketones is 1. The Morgan fingerprint density at radius 3 is 2.00 bits per heavy atom. The molecule has 1 aromatic heterocycles. The van der Waals surface area contributed by atoms with E-state index in [1.165, 1.54) is 11.3 Å². The Morgan fingerprint density at radius 1 is 0.946 bits per heavy atom. The van der Waals surface area contributed by atoms with Gasteiger partial charge in [-0.15, -0.1) is 11.3 Å². The van der Waals surface area contributed by atoms with Crippen LogP contribution in [-0.4, -0.2) is 71.8 Å². The van der Waals surface area contributed by atoms with Gasteiger partial charge in [-0.3, -0.25) is 24.0 Å². The monoisotopic (exact) mass is 537 g/mol. The molecule has 1 aliphatic rings. The summed E-state index contributed by atoms with van der Waals surface area (Å²) in [4.78, 5) is 66.7. The third-order valence-electron chi connectivity index (χ3n) is 5.69. The fourth-order valence-corrected chi connectivity index (χ4v) is 4.31. The predicted octanol–water partition coefficient (Wildman–Crippen LogP) is 0.646. The molecule has 0 aromatic carbocycles. The Kier molecular flexibility index (Phi) is 11.2. The molecular weight excluding hydrogens is 498 g/mol. The van der Waals surface area contributed by atoms with Crippen LogP contribution >= 0.6 is 11.3 Å². The highest BCUT2D eigenvalue weighted by molar-refractivity contribution is 7.09. The zero-order valence-corrected chi connectivity index (χ0v) is 23.3. The fourth-order valence-electron chi connectivity index (χ4n) is 3.70. The van der Waals surface area contributed by atoms with Crippen LogP contribution in [0.1, 0.15) is 58.2 Å². The first kappa shape index (κ1) is 30.4. The quantitative estimate of drug-likeness (QED) is 0.239. The van der Waals surface area contributed by atoms with E-state index in [2.05, 4.69) is 26.3 Å². The highest BCUT2D eigenvalue weighted by Gasteiger charge is 2.50. The minimum absolute atomic E-state index is 0.0637. The SMILES string of the molecule is Cc1nc(CC(=O)NCC(=O)NC(CC(C)C)C(=O)NCC(=O)NC(CC(C)C)C(=O)C2(C)CO2)cs1. The lowest BCUT2D eigenvalue weighted by atomic mass is 9.93. The number of epoxide rings is 1. The molecule has 1 saturated heterocycles. The van der Waals surface area contributed by atoms with Crippen LogP contribution in [0.25, 0.3) is 0 Å². The summed E-state index contributed by atoms with van der Waals surface area (Å²) in [5.41, 5.74) is -0.232. The molecule has 0 aliphatic carbocycles. The van der Waals surface area contributed by atoms with Gasteiger partial charge in [-0.1, -0.05) is 27.7 Å². The topological polar surface area (TPSA) is 159 Å². The van der Waals surface area contributed by atoms with Gasteiger partial charge < -0.3 is 26.0 Å². The summed E-state index contributed by atoms with van der Waals surface area (Å²) in [6.45, 7) is 10.9. The molecule has 37 heavy (non-hydrogen) atoms. The van der Waals surface area contributed by atoms with Crippen LogP contribution in [0, 0.1) is 18.8 Å². The van der Waals surface area contributed by atoms with Crippen molar-refractivity contribution in [1.29, 1.82) is 0 Å². The lowest BCUT2D eigenvalue weighted by Crippen LogP contribution is -2.53. The molecule has 12 heteroatoms. The Labute approximate surface area is 221 Å². The smallest absolute Gasteiger partial charge is 0.243 e. The predicted molar refractivity (Wildman–Crippen MR) is 139 cm³/mol. The van der Waals surface area contributed by atoms with Crippen LogP contribution in [0.2, 0.25) is 0 Å². The van der Waals surface area contributed by atoms with Crippen LogP contribution in [-0.2, 0) is 35.1 Å². The van der Waals surface area contributed by atoms with Crippen LogP contribution in [0.5, 0.6) is 0 Å². The first-order valence-corrected chi connectivity index (χ1v) is 13.4. The van der Waals surface area contributed by atoms with Gasteiger partial charge in [-0.25, -0.2) is 4.98 Å². The molecule has 4 amide bonds. The number of ether oxygens (including phenoxy) is 1. The van der Waals surface area contributed by atoms with Crippen molar-refractivity contribution >= 4 is 40.7 Å². The van der Waals surface area contributed by atoms with Gasteiger partial charge in [0.1, 0.15) is 11.6 Å². The van der Waals surface area contributed by atoms with Gasteiger partial charge in [-0.05, 0) is 38.5 Å². The van der Waals surface area contributed by atoms with Crippen molar-refractivity contribution in [3.8, 4) is 0 Å². The molecule has 1 aliphatic heterocycles. The molecule has 4 N–H and O–H groups in total. The van der Waals surface area contributed by atoms with E-state index in [9.17, 15) is 24.0 Å². The molecule has 0 saturated carbocycles. The number of aromatic nitrogens is 1.